The lowest BCUT2D eigenvalue weighted by Crippen LogP contribution is -2.22. The number of nitrogens with zero attached hydrogens (tertiary/aromatic N) is 2. The molecular formula is C18H12Cl2N2O2. The van der Waals surface area contributed by atoms with Crippen molar-refractivity contribution in [3.8, 4) is 0 Å². The van der Waals surface area contributed by atoms with Gasteiger partial charge in [0.25, 0.3) is 5.56 Å². The molecule has 0 aliphatic heterocycles. The maximum Gasteiger partial charge on any atom is 0.267 e. The summed E-state index contributed by atoms with van der Waals surface area (Å²) in [5.41, 5.74) is 1.29. The number of ketones is 1. The number of hydrogen-bond acceptors (Lipinski definition) is 3. The SMILES string of the molecule is O=C(c1ccc(Cl)cc1)c1cccc(Cn2ncccc2=O)c1Cl. The van der Waals surface area contributed by atoms with E-state index < -0.39 is 0 Å². The second-order valence-electron chi connectivity index (χ2n) is 5.13. The first-order valence-electron chi connectivity index (χ1n) is 7.16. The average molecular weight is 359 g/mol. The van der Waals surface area contributed by atoms with Crippen LogP contribution in [0.5, 0.6) is 0 Å². The maximum atomic E-state index is 12.6. The number of carbonyl (C=O) groups is 1. The van der Waals surface area contributed by atoms with Crippen LogP contribution in [-0.4, -0.2) is 15.6 Å². The largest absolute Gasteiger partial charge is 0.289 e. The van der Waals surface area contributed by atoms with E-state index in [1.54, 1.807) is 48.5 Å². The molecule has 24 heavy (non-hydrogen) atoms. The number of rotatable bonds is 4. The number of carbonyl (C=O) groups excluding carboxylic acids is 1. The first kappa shape index (κ1) is 16.4. The van der Waals surface area contributed by atoms with Crippen molar-refractivity contribution in [2.24, 2.45) is 0 Å². The minimum Gasteiger partial charge on any atom is -0.289 e. The molecule has 0 radical (unpaired) electrons. The number of aromatic nitrogens is 2. The van der Waals surface area contributed by atoms with E-state index in [1.807, 2.05) is 0 Å². The fraction of sp³-hybridized carbons (Fsp3) is 0.0556. The summed E-state index contributed by atoms with van der Waals surface area (Å²) in [4.78, 5) is 24.4. The summed E-state index contributed by atoms with van der Waals surface area (Å²) in [6.07, 6.45) is 1.53. The lowest BCUT2D eigenvalue weighted by molar-refractivity contribution is 0.103. The molecule has 1 heterocycles. The van der Waals surface area contributed by atoms with Crippen LogP contribution >= 0.6 is 23.2 Å². The third kappa shape index (κ3) is 3.40. The van der Waals surface area contributed by atoms with Crippen molar-refractivity contribution in [2.75, 3.05) is 0 Å². The highest BCUT2D eigenvalue weighted by Gasteiger charge is 2.15. The Balaban J connectivity index is 1.96. The fourth-order valence-corrected chi connectivity index (χ4v) is 2.70. The molecule has 0 amide bonds. The van der Waals surface area contributed by atoms with Gasteiger partial charge in [0.1, 0.15) is 0 Å². The van der Waals surface area contributed by atoms with Gasteiger partial charge >= 0.3 is 0 Å². The highest BCUT2D eigenvalue weighted by Crippen LogP contribution is 2.24. The minimum atomic E-state index is -0.233. The fourth-order valence-electron chi connectivity index (χ4n) is 2.30. The summed E-state index contributed by atoms with van der Waals surface area (Å²) in [6.45, 7) is 0.195. The quantitative estimate of drug-likeness (QED) is 0.666. The Hall–Kier alpha value is -2.43. The molecule has 0 N–H and O–H groups in total. The highest BCUT2D eigenvalue weighted by molar-refractivity contribution is 6.35. The Morgan fingerprint density at radius 1 is 1.00 bits per heavy atom. The van der Waals surface area contributed by atoms with Crippen molar-refractivity contribution in [3.05, 3.63) is 97.9 Å². The molecule has 2 aromatic carbocycles. The second-order valence-corrected chi connectivity index (χ2v) is 5.95. The number of benzene rings is 2. The number of halogens is 2. The zero-order valence-electron chi connectivity index (χ0n) is 12.4. The highest BCUT2D eigenvalue weighted by atomic mass is 35.5. The van der Waals surface area contributed by atoms with Gasteiger partial charge in [-0.2, -0.15) is 5.10 Å². The molecule has 0 bridgehead atoms. The Bertz CT molecular complexity index is 950. The molecule has 0 saturated carbocycles. The Labute approximate surface area is 148 Å². The van der Waals surface area contributed by atoms with E-state index in [2.05, 4.69) is 5.10 Å². The van der Waals surface area contributed by atoms with Crippen LogP contribution in [0.15, 0.2) is 65.6 Å². The molecule has 0 spiro atoms. The summed E-state index contributed by atoms with van der Waals surface area (Å²) >= 11 is 12.2. The van der Waals surface area contributed by atoms with Gasteiger partial charge in [0.05, 0.1) is 11.6 Å². The van der Waals surface area contributed by atoms with E-state index in [9.17, 15) is 9.59 Å². The van der Waals surface area contributed by atoms with Crippen molar-refractivity contribution < 1.29 is 4.79 Å². The van der Waals surface area contributed by atoms with E-state index in [4.69, 9.17) is 23.2 Å². The van der Waals surface area contributed by atoms with Gasteiger partial charge in [-0.05, 0) is 42.0 Å². The van der Waals surface area contributed by atoms with Gasteiger partial charge in [-0.3, -0.25) is 9.59 Å². The van der Waals surface area contributed by atoms with Crippen molar-refractivity contribution in [2.45, 2.75) is 6.54 Å². The lowest BCUT2D eigenvalue weighted by Gasteiger charge is -2.10. The van der Waals surface area contributed by atoms with Crippen molar-refractivity contribution in [1.29, 1.82) is 0 Å². The maximum absolute atomic E-state index is 12.6. The second kappa shape index (κ2) is 6.99. The molecule has 0 fully saturated rings. The van der Waals surface area contributed by atoms with Crippen LogP contribution in [-0.2, 0) is 6.54 Å². The zero-order valence-corrected chi connectivity index (χ0v) is 14.0. The molecule has 4 nitrogen and oxygen atoms in total. The van der Waals surface area contributed by atoms with Crippen LogP contribution in [0.25, 0.3) is 0 Å². The summed E-state index contributed by atoms with van der Waals surface area (Å²) in [7, 11) is 0. The van der Waals surface area contributed by atoms with Crippen molar-refractivity contribution in [1.82, 2.24) is 9.78 Å². The van der Waals surface area contributed by atoms with Crippen molar-refractivity contribution >= 4 is 29.0 Å². The zero-order chi connectivity index (χ0) is 17.1. The molecular weight excluding hydrogens is 347 g/mol. The van der Waals surface area contributed by atoms with Crippen LogP contribution in [0.3, 0.4) is 0 Å². The summed E-state index contributed by atoms with van der Waals surface area (Å²) in [5, 5.41) is 4.87. The Morgan fingerprint density at radius 2 is 1.75 bits per heavy atom. The first-order valence-corrected chi connectivity index (χ1v) is 7.91. The van der Waals surface area contributed by atoms with E-state index in [0.29, 0.717) is 26.7 Å². The van der Waals surface area contributed by atoms with Crippen LogP contribution in [0.1, 0.15) is 21.5 Å². The monoisotopic (exact) mass is 358 g/mol. The van der Waals surface area contributed by atoms with Crippen molar-refractivity contribution in [3.63, 3.8) is 0 Å². The molecule has 0 aliphatic rings. The van der Waals surface area contributed by atoms with E-state index in [0.717, 1.165) is 0 Å². The third-order valence-corrected chi connectivity index (χ3v) is 4.23. The first-order chi connectivity index (χ1) is 11.6. The predicted octanol–water partition coefficient (Wildman–Crippen LogP) is 3.83. The van der Waals surface area contributed by atoms with E-state index in [1.165, 1.54) is 16.9 Å². The predicted molar refractivity (Wildman–Crippen MR) is 93.9 cm³/mol. The van der Waals surface area contributed by atoms with Gasteiger partial charge in [0.2, 0.25) is 0 Å². The lowest BCUT2D eigenvalue weighted by atomic mass is 10.0. The summed E-state index contributed by atoms with van der Waals surface area (Å²) < 4.78 is 1.29. The van der Waals surface area contributed by atoms with Gasteiger partial charge in [0.15, 0.2) is 5.78 Å². The average Bonchev–Trinajstić information content (AvgIpc) is 2.59. The van der Waals surface area contributed by atoms with Gasteiger partial charge < -0.3 is 0 Å². The molecule has 0 unspecified atom stereocenters. The summed E-state index contributed by atoms with van der Waals surface area (Å²) in [5.74, 6) is -0.202. The van der Waals surface area contributed by atoms with Crippen LogP contribution < -0.4 is 5.56 Å². The van der Waals surface area contributed by atoms with E-state index >= 15 is 0 Å². The molecule has 1 aromatic heterocycles. The molecule has 3 rings (SSSR count). The van der Waals surface area contributed by atoms with E-state index in [-0.39, 0.29) is 17.9 Å². The Morgan fingerprint density at radius 3 is 2.46 bits per heavy atom. The molecule has 0 aliphatic carbocycles. The number of hydrogen-bond donors (Lipinski definition) is 0. The van der Waals surface area contributed by atoms with Gasteiger partial charge in [0, 0.05) is 28.4 Å². The van der Waals surface area contributed by atoms with Gasteiger partial charge in [-0.1, -0.05) is 35.3 Å². The van der Waals surface area contributed by atoms with Gasteiger partial charge in [-0.15, -0.1) is 0 Å². The topological polar surface area (TPSA) is 52.0 Å². The molecule has 0 atom stereocenters. The molecule has 3 aromatic rings. The Kier molecular flexibility index (Phi) is 4.79. The summed E-state index contributed by atoms with van der Waals surface area (Å²) in [6, 6.07) is 14.8. The van der Waals surface area contributed by atoms with Crippen LogP contribution in [0.2, 0.25) is 10.0 Å². The molecule has 6 heteroatoms. The minimum absolute atomic E-state index is 0.195. The standard InChI is InChI=1S/C18H12Cl2N2O2/c19-14-8-6-12(7-9-14)18(24)15-4-1-3-13(17(15)20)11-22-16(23)5-2-10-21-22/h1-10H,11H2. The van der Waals surface area contributed by atoms with Crippen LogP contribution in [0.4, 0.5) is 0 Å². The molecule has 120 valence electrons. The smallest absolute Gasteiger partial charge is 0.267 e. The third-order valence-electron chi connectivity index (χ3n) is 3.54. The van der Waals surface area contributed by atoms with Crippen LogP contribution in [0, 0.1) is 0 Å². The normalized spacial score (nSPS) is 10.6. The molecule has 0 saturated heterocycles. The van der Waals surface area contributed by atoms with Gasteiger partial charge in [-0.25, -0.2) is 4.68 Å².